The number of unbranched alkanes of at least 4 members (excludes halogenated alkanes) is 5. The predicted molar refractivity (Wildman–Crippen MR) is 431 cm³/mol. The number of ether oxygens (including phenoxy) is 11. The molecule has 3 saturated heterocycles. The van der Waals surface area contributed by atoms with E-state index in [-0.39, 0.29) is 55.7 Å². The molecule has 0 bridgehead atoms. The van der Waals surface area contributed by atoms with Gasteiger partial charge in [-0.25, -0.2) is 4.79 Å². The van der Waals surface area contributed by atoms with Gasteiger partial charge in [-0.3, -0.25) is 24.5 Å². The molecular formula is C83H114Cl2N12O16. The zero-order valence-corrected chi connectivity index (χ0v) is 67.3. The maximum atomic E-state index is 13.7. The van der Waals surface area contributed by atoms with Crippen molar-refractivity contribution < 1.29 is 76.1 Å². The van der Waals surface area contributed by atoms with E-state index in [1.165, 1.54) is 4.90 Å². The summed E-state index contributed by atoms with van der Waals surface area (Å²) in [5, 5.41) is 21.4. The highest BCUT2D eigenvalue weighted by Gasteiger charge is 2.40. The zero-order chi connectivity index (χ0) is 79.2. The molecule has 0 saturated carbocycles. The van der Waals surface area contributed by atoms with Gasteiger partial charge in [0.2, 0.25) is 17.7 Å². The second kappa shape index (κ2) is 48.6. The number of carbonyl (C=O) groups excluding carboxylic acids is 5. The van der Waals surface area contributed by atoms with Crippen molar-refractivity contribution in [2.75, 3.05) is 214 Å². The van der Waals surface area contributed by atoms with Crippen LogP contribution in [-0.4, -0.2) is 276 Å². The highest BCUT2D eigenvalue weighted by atomic mass is 35.5. The van der Waals surface area contributed by atoms with Crippen LogP contribution in [0.5, 0.6) is 6.01 Å². The number of urea groups is 1. The third-order valence-electron chi connectivity index (χ3n) is 20.6. The number of aryl methyl sites for hydroxylation is 1. The first-order valence-corrected chi connectivity index (χ1v) is 40.8. The lowest BCUT2D eigenvalue weighted by atomic mass is 10.0. The van der Waals surface area contributed by atoms with E-state index in [2.05, 4.69) is 72.9 Å². The van der Waals surface area contributed by atoms with E-state index in [4.69, 9.17) is 85.3 Å². The summed E-state index contributed by atoms with van der Waals surface area (Å²) in [6.45, 7) is 15.8. The fourth-order valence-electron chi connectivity index (χ4n) is 14.5. The van der Waals surface area contributed by atoms with Crippen LogP contribution >= 0.6 is 23.2 Å². The van der Waals surface area contributed by atoms with Gasteiger partial charge in [-0.2, -0.15) is 15.2 Å². The maximum absolute atomic E-state index is 13.7. The molecular weight excluding hydrogens is 1490 g/mol. The maximum Gasteiger partial charge on any atom is 0.319 e. The molecule has 30 heteroatoms. The average molecular weight is 1610 g/mol. The number of likely N-dealkylation sites (tertiary alicyclic amines) is 1. The van der Waals surface area contributed by atoms with E-state index < -0.39 is 11.9 Å². The lowest BCUT2D eigenvalue weighted by Crippen LogP contribution is -2.55. The third kappa shape index (κ3) is 28.9. The molecule has 3 N–H and O–H groups in total. The van der Waals surface area contributed by atoms with Crippen molar-refractivity contribution in [1.82, 2.24) is 40.2 Å². The van der Waals surface area contributed by atoms with Crippen molar-refractivity contribution in [3.63, 3.8) is 0 Å². The lowest BCUT2D eigenvalue weighted by Gasteiger charge is -2.42. The smallest absolute Gasteiger partial charge is 0.319 e. The molecule has 3 atom stereocenters. The number of hydrogen-bond donors (Lipinski definition) is 3. The number of anilines is 3. The Labute approximate surface area is 674 Å². The van der Waals surface area contributed by atoms with Gasteiger partial charge in [0.25, 0.3) is 5.91 Å². The molecule has 5 aliphatic heterocycles. The standard InChI is InChI=1S/C83H114Cl2N12O16/c1-92(27-12-19-77(99)96-31-30-95(59-68(96)24-26-86)79-71-25-29-94(74-18-10-15-64-14-9-17-72(85)78(64)74)60-73(71)89-83(91-79)113-61-69-16-11-28-93(69)2)32-34-104-36-38-106-40-42-108-44-46-110-48-50-112-52-51-111-49-47-109-45-43-107-41-39-105-37-35-103-33-8-6-4-3-5-7-13-62-54-66(84)56-67(55-62)88-82(102)87-57-63-20-21-70-65(53-63)58-97(81(70)101)75-22-23-76(98)90-80(75)100/h9-10,12,14-15,17-21,53-56,68-69,75H,3-8,11,13,16,22-25,27-52,57-61H2,1-2H3,(H2,87,88,102)(H,90,98,100)/b19-12+/t68-,69-,75?/m0/s1. The van der Waals surface area contributed by atoms with Crippen LogP contribution in [0.1, 0.15) is 109 Å². The first-order chi connectivity index (χ1) is 55.3. The van der Waals surface area contributed by atoms with Crippen LogP contribution in [0.25, 0.3) is 10.8 Å². The topological polar surface area (TPSA) is 292 Å². The number of carbonyl (C=O) groups is 5. The molecule has 6 amide bonds. The van der Waals surface area contributed by atoms with Crippen LogP contribution in [0.2, 0.25) is 10.0 Å². The average Bonchev–Trinajstić information content (AvgIpc) is 0.849. The Morgan fingerprint density at radius 3 is 1.95 bits per heavy atom. The van der Waals surface area contributed by atoms with Gasteiger partial charge in [-0.15, -0.1) is 0 Å². The number of piperidine rings is 1. The molecule has 0 spiro atoms. The van der Waals surface area contributed by atoms with Crippen molar-refractivity contribution in [3.05, 3.63) is 129 Å². The fourth-order valence-corrected chi connectivity index (χ4v) is 15.0. The summed E-state index contributed by atoms with van der Waals surface area (Å²) in [6, 6.07) is 24.9. The minimum atomic E-state index is -0.681. The number of nitrogens with zero attached hydrogens (tertiary/aromatic N) is 9. The molecule has 1 unspecified atom stereocenters. The lowest BCUT2D eigenvalue weighted by molar-refractivity contribution is -0.137. The largest absolute Gasteiger partial charge is 0.462 e. The SMILES string of the molecule is CN(C/C=C/C(=O)N1CCN(c2nc(OC[C@@H]3CCCN3C)nc3c2CCN(c2cccc4cccc(Cl)c24)C3)C[C@@H]1CC#N)CCOCCOCCOCCOCCOCCOCCOCCOCCOCCOCCCCCCCCc1cc(Cl)cc(NC(=O)NCc2ccc3c(c2)CN(C2CCC(=O)NC2=O)C3=O)c1. The number of amides is 6. The third-order valence-corrected chi connectivity index (χ3v) is 21.1. The number of imide groups is 1. The van der Waals surface area contributed by atoms with Gasteiger partial charge >= 0.3 is 12.0 Å². The molecule has 0 radical (unpaired) electrons. The Balaban J connectivity index is 0.450. The molecule has 4 aromatic carbocycles. The first kappa shape index (κ1) is 87.7. The van der Waals surface area contributed by atoms with E-state index in [0.29, 0.717) is 224 Å². The van der Waals surface area contributed by atoms with Crippen LogP contribution in [0.15, 0.2) is 84.9 Å². The van der Waals surface area contributed by atoms with E-state index in [1.807, 2.05) is 48.4 Å². The second-order valence-corrected chi connectivity index (χ2v) is 29.7. The molecule has 5 aliphatic rings. The van der Waals surface area contributed by atoms with Gasteiger partial charge in [-0.05, 0) is 124 Å². The van der Waals surface area contributed by atoms with Gasteiger partial charge in [0.1, 0.15) is 18.5 Å². The minimum Gasteiger partial charge on any atom is -0.462 e. The molecule has 6 heterocycles. The predicted octanol–water partition coefficient (Wildman–Crippen LogP) is 9.22. The number of likely N-dealkylation sites (N-methyl/N-ethyl adjacent to an activating group) is 2. The summed E-state index contributed by atoms with van der Waals surface area (Å²) < 4.78 is 62.9. The van der Waals surface area contributed by atoms with Crippen molar-refractivity contribution in [1.29, 1.82) is 5.26 Å². The summed E-state index contributed by atoms with van der Waals surface area (Å²) >= 11 is 13.2. The first-order valence-electron chi connectivity index (χ1n) is 40.1. The van der Waals surface area contributed by atoms with E-state index in [1.54, 1.807) is 24.3 Å². The number of aromatic nitrogens is 2. The van der Waals surface area contributed by atoms with Gasteiger partial charge in [0, 0.05) is 110 Å². The fraction of sp³-hybridized carbons (Fsp3) is 0.590. The van der Waals surface area contributed by atoms with Crippen LogP contribution < -0.4 is 30.5 Å². The number of halogens is 2. The molecule has 5 aromatic rings. The van der Waals surface area contributed by atoms with Crippen molar-refractivity contribution in [2.45, 2.75) is 121 Å². The van der Waals surface area contributed by atoms with Gasteiger partial charge in [-0.1, -0.05) is 91.4 Å². The summed E-state index contributed by atoms with van der Waals surface area (Å²) in [5.41, 5.74) is 6.83. The monoisotopic (exact) mass is 1600 g/mol. The Kier molecular flexibility index (Phi) is 37.7. The molecule has 10 rings (SSSR count). The Hall–Kier alpha value is -7.70. The summed E-state index contributed by atoms with van der Waals surface area (Å²) in [4.78, 5) is 86.1. The van der Waals surface area contributed by atoms with Crippen LogP contribution in [0, 0.1) is 11.3 Å². The number of fused-ring (bicyclic) bond motifs is 3. The molecule has 28 nitrogen and oxygen atoms in total. The molecule has 616 valence electrons. The van der Waals surface area contributed by atoms with E-state index >= 15 is 0 Å². The van der Waals surface area contributed by atoms with Crippen LogP contribution in [0.3, 0.4) is 0 Å². The van der Waals surface area contributed by atoms with Crippen molar-refractivity contribution in [2.24, 2.45) is 0 Å². The number of rotatable bonds is 52. The summed E-state index contributed by atoms with van der Waals surface area (Å²) in [6.07, 6.45) is 14.4. The van der Waals surface area contributed by atoms with E-state index in [0.717, 1.165) is 121 Å². The molecule has 3 fully saturated rings. The molecule has 1 aromatic heterocycles. The van der Waals surface area contributed by atoms with E-state index in [9.17, 15) is 29.2 Å². The second-order valence-electron chi connectivity index (χ2n) is 28.8. The number of nitrogens with one attached hydrogen (secondary N) is 3. The minimum absolute atomic E-state index is 0.112. The Morgan fingerprint density at radius 1 is 0.664 bits per heavy atom. The number of hydrogen-bond acceptors (Lipinski definition) is 23. The van der Waals surface area contributed by atoms with Crippen molar-refractivity contribution in [3.8, 4) is 12.1 Å². The molecule has 0 aliphatic carbocycles. The summed E-state index contributed by atoms with van der Waals surface area (Å²) in [5.74, 6) is -0.308. The Morgan fingerprint density at radius 2 is 1.30 bits per heavy atom. The number of piperazine rings is 1. The Bertz CT molecular complexity index is 3890. The summed E-state index contributed by atoms with van der Waals surface area (Å²) in [7, 11) is 4.12. The molecule has 113 heavy (non-hydrogen) atoms. The van der Waals surface area contributed by atoms with Gasteiger partial charge in [0.15, 0.2) is 0 Å². The normalized spacial score (nSPS) is 17.2. The van der Waals surface area contributed by atoms with Crippen LogP contribution in [0.4, 0.5) is 22.0 Å². The van der Waals surface area contributed by atoms with Gasteiger partial charge in [0.05, 0.1) is 161 Å². The zero-order valence-electron chi connectivity index (χ0n) is 65.7. The van der Waals surface area contributed by atoms with Crippen LogP contribution in [-0.2, 0) is 94.2 Å². The number of nitriles is 1. The van der Waals surface area contributed by atoms with Gasteiger partial charge < -0.3 is 92.1 Å². The highest BCUT2D eigenvalue weighted by Crippen LogP contribution is 2.38. The quantitative estimate of drug-likeness (QED) is 0.0186. The highest BCUT2D eigenvalue weighted by molar-refractivity contribution is 6.36. The van der Waals surface area contributed by atoms with Crippen molar-refractivity contribution >= 4 is 80.8 Å². The number of benzene rings is 4.